The first-order valence-electron chi connectivity index (χ1n) is 8.75. The largest absolute Gasteiger partial charge is 0.338 e. The standard InChI is InChI=1S/C19H22BrN3O2S/c20-17-7-6-16(26-17)8-11-21-19(25)23-12-9-14(10-13-23)18(24)22-15-4-2-1-3-5-15/h1-7,14H,8-13H2,(H,21,25)(H,22,24). The number of likely N-dealkylation sites (tertiary alicyclic amines) is 1. The van der Waals surface area contributed by atoms with E-state index in [1.165, 1.54) is 4.88 Å². The Morgan fingerprint density at radius 2 is 1.85 bits per heavy atom. The lowest BCUT2D eigenvalue weighted by Gasteiger charge is -2.31. The topological polar surface area (TPSA) is 61.4 Å². The van der Waals surface area contributed by atoms with E-state index in [-0.39, 0.29) is 17.9 Å². The molecular formula is C19H22BrN3O2S. The van der Waals surface area contributed by atoms with Crippen LogP contribution in [0.4, 0.5) is 10.5 Å². The van der Waals surface area contributed by atoms with Gasteiger partial charge in [0.2, 0.25) is 5.91 Å². The summed E-state index contributed by atoms with van der Waals surface area (Å²) in [6, 6.07) is 13.5. The fraction of sp³-hybridized carbons (Fsp3) is 0.368. The number of hydrogen-bond acceptors (Lipinski definition) is 3. The highest BCUT2D eigenvalue weighted by Gasteiger charge is 2.27. The molecular weight excluding hydrogens is 414 g/mol. The average Bonchev–Trinajstić information content (AvgIpc) is 3.08. The van der Waals surface area contributed by atoms with Crippen LogP contribution in [0, 0.1) is 5.92 Å². The molecule has 2 heterocycles. The summed E-state index contributed by atoms with van der Waals surface area (Å²) >= 11 is 5.13. The minimum atomic E-state index is -0.0393. The molecule has 0 bridgehead atoms. The maximum Gasteiger partial charge on any atom is 0.317 e. The van der Waals surface area contributed by atoms with Crippen LogP contribution < -0.4 is 10.6 Å². The third kappa shape index (κ3) is 5.32. The maximum atomic E-state index is 12.3. The number of carbonyl (C=O) groups excluding carboxylic acids is 2. The number of urea groups is 1. The Labute approximate surface area is 165 Å². The van der Waals surface area contributed by atoms with Crippen molar-refractivity contribution in [2.45, 2.75) is 19.3 Å². The van der Waals surface area contributed by atoms with E-state index in [0.717, 1.165) is 15.9 Å². The van der Waals surface area contributed by atoms with Crippen molar-refractivity contribution in [1.82, 2.24) is 10.2 Å². The molecule has 0 aliphatic carbocycles. The van der Waals surface area contributed by atoms with Crippen LogP contribution in [0.3, 0.4) is 0 Å². The smallest absolute Gasteiger partial charge is 0.317 e. The van der Waals surface area contributed by atoms with E-state index >= 15 is 0 Å². The second kappa shape index (κ2) is 9.19. The number of rotatable bonds is 5. The highest BCUT2D eigenvalue weighted by Crippen LogP contribution is 2.22. The van der Waals surface area contributed by atoms with Gasteiger partial charge in [0.15, 0.2) is 0 Å². The van der Waals surface area contributed by atoms with Crippen LogP contribution in [-0.2, 0) is 11.2 Å². The second-order valence-corrected chi connectivity index (χ2v) is 8.85. The molecule has 2 N–H and O–H groups in total. The number of halogens is 1. The molecule has 138 valence electrons. The molecule has 5 nitrogen and oxygen atoms in total. The summed E-state index contributed by atoms with van der Waals surface area (Å²) in [6.07, 6.45) is 2.23. The summed E-state index contributed by atoms with van der Waals surface area (Å²) in [5, 5.41) is 5.92. The first-order chi connectivity index (χ1) is 12.6. The molecule has 0 unspecified atom stereocenters. The molecule has 0 saturated carbocycles. The summed E-state index contributed by atoms with van der Waals surface area (Å²) < 4.78 is 1.11. The lowest BCUT2D eigenvalue weighted by Crippen LogP contribution is -2.46. The zero-order valence-corrected chi connectivity index (χ0v) is 16.8. The van der Waals surface area contributed by atoms with Gasteiger partial charge in [-0.15, -0.1) is 11.3 Å². The van der Waals surface area contributed by atoms with Crippen LogP contribution in [0.2, 0.25) is 0 Å². The van der Waals surface area contributed by atoms with Crippen molar-refractivity contribution in [2.24, 2.45) is 5.92 Å². The predicted octanol–water partition coefficient (Wildman–Crippen LogP) is 4.11. The van der Waals surface area contributed by atoms with Gasteiger partial charge in [0.25, 0.3) is 0 Å². The van der Waals surface area contributed by atoms with Gasteiger partial charge in [-0.25, -0.2) is 4.79 Å². The van der Waals surface area contributed by atoms with Gasteiger partial charge in [0.05, 0.1) is 3.79 Å². The predicted molar refractivity (Wildman–Crippen MR) is 108 cm³/mol. The average molecular weight is 436 g/mol. The van der Waals surface area contributed by atoms with E-state index in [2.05, 4.69) is 32.6 Å². The van der Waals surface area contributed by atoms with Gasteiger partial charge < -0.3 is 15.5 Å². The van der Waals surface area contributed by atoms with E-state index in [1.54, 1.807) is 16.2 Å². The second-order valence-electron chi connectivity index (χ2n) is 6.30. The molecule has 1 saturated heterocycles. The number of hydrogen-bond donors (Lipinski definition) is 2. The van der Waals surface area contributed by atoms with Crippen molar-refractivity contribution >= 4 is 44.9 Å². The lowest BCUT2D eigenvalue weighted by atomic mass is 9.96. The number of nitrogens with zero attached hydrogens (tertiary/aromatic N) is 1. The summed E-state index contributed by atoms with van der Waals surface area (Å²) in [7, 11) is 0. The molecule has 1 aliphatic rings. The fourth-order valence-electron chi connectivity index (χ4n) is 3.00. The lowest BCUT2D eigenvalue weighted by molar-refractivity contribution is -0.121. The third-order valence-corrected chi connectivity index (χ3v) is 6.15. The monoisotopic (exact) mass is 435 g/mol. The van der Waals surface area contributed by atoms with Gasteiger partial charge in [-0.2, -0.15) is 0 Å². The van der Waals surface area contributed by atoms with Crippen molar-refractivity contribution < 1.29 is 9.59 Å². The molecule has 0 spiro atoms. The Morgan fingerprint density at radius 1 is 1.12 bits per heavy atom. The van der Waals surface area contributed by atoms with Crippen LogP contribution in [-0.4, -0.2) is 36.5 Å². The summed E-state index contributed by atoms with van der Waals surface area (Å²) in [5.74, 6) is 0.00209. The zero-order chi connectivity index (χ0) is 18.4. The molecule has 1 fully saturated rings. The molecule has 0 radical (unpaired) electrons. The van der Waals surface area contributed by atoms with Crippen LogP contribution >= 0.6 is 27.3 Å². The highest BCUT2D eigenvalue weighted by molar-refractivity contribution is 9.11. The van der Waals surface area contributed by atoms with Crippen molar-refractivity contribution in [3.63, 3.8) is 0 Å². The third-order valence-electron chi connectivity index (χ3n) is 4.47. The molecule has 1 aliphatic heterocycles. The Balaban J connectivity index is 1.38. The summed E-state index contributed by atoms with van der Waals surface area (Å²) in [6.45, 7) is 1.85. The maximum absolute atomic E-state index is 12.3. The van der Waals surface area contributed by atoms with E-state index in [9.17, 15) is 9.59 Å². The molecule has 3 amide bonds. The van der Waals surface area contributed by atoms with E-state index in [4.69, 9.17) is 0 Å². The SMILES string of the molecule is O=C(Nc1ccccc1)C1CCN(C(=O)NCCc2ccc(Br)s2)CC1. The number of thiophene rings is 1. The highest BCUT2D eigenvalue weighted by atomic mass is 79.9. The fourth-order valence-corrected chi connectivity index (χ4v) is 4.48. The van der Waals surface area contributed by atoms with E-state index < -0.39 is 0 Å². The quantitative estimate of drug-likeness (QED) is 0.741. The van der Waals surface area contributed by atoms with Gasteiger partial charge in [-0.1, -0.05) is 18.2 Å². The normalized spacial score (nSPS) is 14.9. The van der Waals surface area contributed by atoms with Gasteiger partial charge in [0.1, 0.15) is 0 Å². The van der Waals surface area contributed by atoms with Gasteiger partial charge >= 0.3 is 6.03 Å². The molecule has 26 heavy (non-hydrogen) atoms. The van der Waals surface area contributed by atoms with Crippen molar-refractivity contribution in [2.75, 3.05) is 25.0 Å². The summed E-state index contributed by atoms with van der Waals surface area (Å²) in [4.78, 5) is 27.7. The van der Waals surface area contributed by atoms with Crippen molar-refractivity contribution in [3.8, 4) is 0 Å². The number of anilines is 1. The number of benzene rings is 1. The van der Waals surface area contributed by atoms with Crippen molar-refractivity contribution in [1.29, 1.82) is 0 Å². The minimum absolute atomic E-state index is 0.0391. The van der Waals surface area contributed by atoms with E-state index in [1.807, 2.05) is 36.4 Å². The zero-order valence-electron chi connectivity index (χ0n) is 14.4. The number of amides is 3. The molecule has 2 aromatic rings. The van der Waals surface area contributed by atoms with Crippen LogP contribution in [0.1, 0.15) is 17.7 Å². The van der Waals surface area contributed by atoms with Crippen molar-refractivity contribution in [3.05, 3.63) is 51.1 Å². The van der Waals surface area contributed by atoms with Crippen LogP contribution in [0.5, 0.6) is 0 Å². The Bertz CT molecular complexity index is 742. The Kier molecular flexibility index (Phi) is 6.68. The van der Waals surface area contributed by atoms with Gasteiger partial charge in [0, 0.05) is 36.1 Å². The first-order valence-corrected chi connectivity index (χ1v) is 10.4. The molecule has 7 heteroatoms. The van der Waals surface area contributed by atoms with Gasteiger partial charge in [-0.3, -0.25) is 4.79 Å². The Morgan fingerprint density at radius 3 is 2.50 bits per heavy atom. The molecule has 0 atom stereocenters. The molecule has 1 aromatic carbocycles. The molecule has 1 aromatic heterocycles. The number of nitrogens with one attached hydrogen (secondary N) is 2. The minimum Gasteiger partial charge on any atom is -0.338 e. The van der Waals surface area contributed by atoms with Crippen LogP contribution in [0.25, 0.3) is 0 Å². The molecule has 3 rings (SSSR count). The number of carbonyl (C=O) groups is 2. The first kappa shape index (κ1) is 18.9. The van der Waals surface area contributed by atoms with Crippen LogP contribution in [0.15, 0.2) is 46.3 Å². The van der Waals surface area contributed by atoms with E-state index in [0.29, 0.717) is 32.5 Å². The van der Waals surface area contributed by atoms with Gasteiger partial charge in [-0.05, 0) is 59.5 Å². The number of para-hydroxylation sites is 1. The number of piperidine rings is 1. The summed E-state index contributed by atoms with van der Waals surface area (Å²) in [5.41, 5.74) is 0.817. The Hall–Kier alpha value is -1.86.